The van der Waals surface area contributed by atoms with Gasteiger partial charge in [0.2, 0.25) is 0 Å². The molecular weight excluding hydrogens is 202 g/mol. The molecule has 0 nitrogen and oxygen atoms in total. The van der Waals surface area contributed by atoms with E-state index < -0.39 is 11.7 Å². The maximum atomic E-state index is 12.3. The summed E-state index contributed by atoms with van der Waals surface area (Å²) in [5.41, 5.74) is 0. The number of rotatable bonds is 2. The SMILES string of the molecule is C=C(F)/C(F)=C\C(Br)=C/C. The molecule has 0 N–H and O–H groups in total. The van der Waals surface area contributed by atoms with Crippen LogP contribution >= 0.6 is 15.9 Å². The van der Waals surface area contributed by atoms with Crippen molar-refractivity contribution < 1.29 is 8.78 Å². The lowest BCUT2D eigenvalue weighted by Crippen LogP contribution is -1.71. The molecule has 0 radical (unpaired) electrons. The monoisotopic (exact) mass is 208 g/mol. The zero-order valence-electron chi connectivity index (χ0n) is 5.50. The molecule has 0 bridgehead atoms. The van der Waals surface area contributed by atoms with Gasteiger partial charge in [-0.05, 0) is 13.0 Å². The number of allylic oxidation sites excluding steroid dienone is 5. The lowest BCUT2D eigenvalue weighted by Gasteiger charge is -1.89. The summed E-state index contributed by atoms with van der Waals surface area (Å²) in [6.45, 7) is 4.49. The van der Waals surface area contributed by atoms with E-state index in [2.05, 4.69) is 22.5 Å². The summed E-state index contributed by atoms with van der Waals surface area (Å²) in [4.78, 5) is 0. The van der Waals surface area contributed by atoms with E-state index in [0.29, 0.717) is 4.48 Å². The van der Waals surface area contributed by atoms with Crippen molar-refractivity contribution in [1.82, 2.24) is 0 Å². The van der Waals surface area contributed by atoms with Gasteiger partial charge in [-0.1, -0.05) is 28.6 Å². The van der Waals surface area contributed by atoms with E-state index in [4.69, 9.17) is 0 Å². The summed E-state index contributed by atoms with van der Waals surface area (Å²) in [5.74, 6) is -2.01. The molecule has 0 aromatic carbocycles. The molecule has 0 saturated heterocycles. The molecule has 0 fully saturated rings. The Labute approximate surface area is 67.1 Å². The van der Waals surface area contributed by atoms with Crippen molar-refractivity contribution in [2.75, 3.05) is 0 Å². The summed E-state index contributed by atoms with van der Waals surface area (Å²) in [5, 5.41) is 0. The quantitative estimate of drug-likeness (QED) is 0.609. The summed E-state index contributed by atoms with van der Waals surface area (Å²) in [6, 6.07) is 0. The van der Waals surface area contributed by atoms with Crippen molar-refractivity contribution >= 4 is 15.9 Å². The van der Waals surface area contributed by atoms with Crippen molar-refractivity contribution in [3.8, 4) is 0 Å². The molecule has 0 aliphatic rings. The molecule has 0 aliphatic heterocycles. The average molecular weight is 209 g/mol. The van der Waals surface area contributed by atoms with Gasteiger partial charge in [0.25, 0.3) is 0 Å². The van der Waals surface area contributed by atoms with Crippen LogP contribution in [0, 0.1) is 0 Å². The van der Waals surface area contributed by atoms with Gasteiger partial charge >= 0.3 is 0 Å². The first-order chi connectivity index (χ1) is 4.57. The van der Waals surface area contributed by atoms with Crippen LogP contribution in [-0.2, 0) is 0 Å². The third kappa shape index (κ3) is 3.56. The van der Waals surface area contributed by atoms with Gasteiger partial charge in [-0.3, -0.25) is 0 Å². The Hall–Kier alpha value is -0.440. The number of hydrogen-bond donors (Lipinski definition) is 0. The highest BCUT2D eigenvalue weighted by Gasteiger charge is 1.98. The van der Waals surface area contributed by atoms with Crippen LogP contribution in [0.1, 0.15) is 6.92 Å². The minimum Gasteiger partial charge on any atom is -0.204 e. The van der Waals surface area contributed by atoms with Crippen LogP contribution in [-0.4, -0.2) is 0 Å². The van der Waals surface area contributed by atoms with Crippen molar-refractivity contribution in [1.29, 1.82) is 0 Å². The average Bonchev–Trinajstić information content (AvgIpc) is 1.87. The van der Waals surface area contributed by atoms with Gasteiger partial charge in [-0.25, -0.2) is 8.78 Å². The van der Waals surface area contributed by atoms with Crippen LogP contribution in [0.2, 0.25) is 0 Å². The summed E-state index contributed by atoms with van der Waals surface area (Å²) in [6.07, 6.45) is 2.62. The minimum absolute atomic E-state index is 0.490. The lowest BCUT2D eigenvalue weighted by molar-refractivity contribution is 0.548. The Morgan fingerprint density at radius 2 is 2.00 bits per heavy atom. The Bertz CT molecular complexity index is 192. The largest absolute Gasteiger partial charge is 0.204 e. The highest BCUT2D eigenvalue weighted by Crippen LogP contribution is 2.16. The number of hydrogen-bond acceptors (Lipinski definition) is 0. The lowest BCUT2D eigenvalue weighted by atomic mass is 10.4. The fourth-order valence-electron chi connectivity index (χ4n) is 0.283. The predicted octanol–water partition coefficient (Wildman–Crippen LogP) is 3.62. The van der Waals surface area contributed by atoms with E-state index in [-0.39, 0.29) is 0 Å². The Kier molecular flexibility index (Phi) is 4.19. The minimum atomic E-state index is -1.06. The van der Waals surface area contributed by atoms with Gasteiger partial charge in [-0.15, -0.1) is 0 Å². The van der Waals surface area contributed by atoms with E-state index >= 15 is 0 Å². The highest BCUT2D eigenvalue weighted by molar-refractivity contribution is 9.11. The Balaban J connectivity index is 4.31. The molecular formula is C7H7BrF2. The smallest absolute Gasteiger partial charge is 0.159 e. The molecule has 0 heterocycles. The first-order valence-electron chi connectivity index (χ1n) is 2.61. The predicted molar refractivity (Wildman–Crippen MR) is 42.1 cm³/mol. The van der Waals surface area contributed by atoms with Crippen LogP contribution in [0.25, 0.3) is 0 Å². The molecule has 0 spiro atoms. The van der Waals surface area contributed by atoms with E-state index in [1.807, 2.05) is 0 Å². The fourth-order valence-corrected chi connectivity index (χ4v) is 0.484. The van der Waals surface area contributed by atoms with Crippen molar-refractivity contribution in [2.45, 2.75) is 6.92 Å². The zero-order chi connectivity index (χ0) is 8.15. The standard InChI is InChI=1S/C7H7BrF2/c1-3-6(8)4-7(10)5(2)9/h3-4H,2H2,1H3/b6-3+,7-4+. The van der Waals surface area contributed by atoms with Gasteiger partial charge < -0.3 is 0 Å². The van der Waals surface area contributed by atoms with E-state index in [1.54, 1.807) is 13.0 Å². The van der Waals surface area contributed by atoms with Crippen molar-refractivity contribution in [2.24, 2.45) is 0 Å². The molecule has 0 aromatic rings. The molecule has 0 unspecified atom stereocenters. The normalized spacial score (nSPS) is 13.6. The second-order valence-corrected chi connectivity index (χ2v) is 2.49. The molecule has 0 atom stereocenters. The molecule has 0 rings (SSSR count). The maximum absolute atomic E-state index is 12.3. The van der Waals surface area contributed by atoms with Gasteiger partial charge in [-0.2, -0.15) is 0 Å². The second-order valence-electron chi connectivity index (χ2n) is 1.57. The molecule has 56 valence electrons. The zero-order valence-corrected chi connectivity index (χ0v) is 7.08. The van der Waals surface area contributed by atoms with Crippen molar-refractivity contribution in [3.63, 3.8) is 0 Å². The summed E-state index contributed by atoms with van der Waals surface area (Å²) < 4.78 is 24.7. The molecule has 0 aliphatic carbocycles. The summed E-state index contributed by atoms with van der Waals surface area (Å²) in [7, 11) is 0. The first kappa shape index (κ1) is 9.56. The Morgan fingerprint density at radius 1 is 1.50 bits per heavy atom. The Morgan fingerprint density at radius 3 is 2.30 bits per heavy atom. The molecule has 10 heavy (non-hydrogen) atoms. The third-order valence-corrected chi connectivity index (χ3v) is 1.49. The van der Waals surface area contributed by atoms with Gasteiger partial charge in [0.05, 0.1) is 0 Å². The number of halogens is 3. The third-order valence-electron chi connectivity index (χ3n) is 0.800. The van der Waals surface area contributed by atoms with Gasteiger partial charge in [0.15, 0.2) is 11.7 Å². The summed E-state index contributed by atoms with van der Waals surface area (Å²) >= 11 is 2.98. The van der Waals surface area contributed by atoms with Crippen LogP contribution in [0.15, 0.2) is 34.9 Å². The van der Waals surface area contributed by atoms with Gasteiger partial charge in [0.1, 0.15) is 0 Å². The second kappa shape index (κ2) is 4.39. The highest BCUT2D eigenvalue weighted by atomic mass is 79.9. The topological polar surface area (TPSA) is 0 Å². The fraction of sp³-hybridized carbons (Fsp3) is 0.143. The van der Waals surface area contributed by atoms with Gasteiger partial charge in [0, 0.05) is 4.48 Å². The first-order valence-corrected chi connectivity index (χ1v) is 3.41. The molecule has 0 saturated carbocycles. The van der Waals surface area contributed by atoms with Crippen LogP contribution in [0.4, 0.5) is 8.78 Å². The van der Waals surface area contributed by atoms with E-state index in [9.17, 15) is 8.78 Å². The molecule has 0 amide bonds. The van der Waals surface area contributed by atoms with Crippen LogP contribution < -0.4 is 0 Å². The van der Waals surface area contributed by atoms with Crippen molar-refractivity contribution in [3.05, 3.63) is 34.9 Å². The van der Waals surface area contributed by atoms with Crippen LogP contribution in [0.3, 0.4) is 0 Å². The van der Waals surface area contributed by atoms with E-state index in [0.717, 1.165) is 6.08 Å². The molecule has 3 heteroatoms. The van der Waals surface area contributed by atoms with Crippen LogP contribution in [0.5, 0.6) is 0 Å². The van der Waals surface area contributed by atoms with E-state index in [1.165, 1.54) is 0 Å². The maximum Gasteiger partial charge on any atom is 0.159 e. The molecule has 0 aromatic heterocycles.